The SMILES string of the molecule is CO[C@@H]1C[C@H](O)C12CCN(Cc1cc(=O)c3c(C)ccc(C)c3[nH]1)CC2. The van der Waals surface area contributed by atoms with Crippen molar-refractivity contribution >= 4 is 10.9 Å². The molecular weight excluding hydrogens is 328 g/mol. The van der Waals surface area contributed by atoms with Gasteiger partial charge in [0.15, 0.2) is 5.43 Å². The second-order valence-electron chi connectivity index (χ2n) is 8.09. The van der Waals surface area contributed by atoms with Crippen LogP contribution < -0.4 is 5.43 Å². The highest BCUT2D eigenvalue weighted by Gasteiger charge is 2.55. The molecular formula is C21H28N2O3. The molecule has 2 aromatic rings. The number of likely N-dealkylation sites (tertiary alicyclic amines) is 1. The first-order chi connectivity index (χ1) is 12.4. The average Bonchev–Trinajstić information content (AvgIpc) is 2.63. The molecule has 1 saturated carbocycles. The van der Waals surface area contributed by atoms with Crippen LogP contribution in [-0.4, -0.2) is 47.4 Å². The lowest BCUT2D eigenvalue weighted by molar-refractivity contribution is -0.201. The quantitative estimate of drug-likeness (QED) is 0.887. The van der Waals surface area contributed by atoms with Gasteiger partial charge in [0.1, 0.15) is 0 Å². The fraction of sp³-hybridized carbons (Fsp3) is 0.571. The maximum absolute atomic E-state index is 12.6. The molecule has 0 amide bonds. The summed E-state index contributed by atoms with van der Waals surface area (Å²) < 4.78 is 5.57. The molecule has 0 bridgehead atoms. The number of aryl methyl sites for hydroxylation is 2. The number of methoxy groups -OCH3 is 1. The van der Waals surface area contributed by atoms with Gasteiger partial charge >= 0.3 is 0 Å². The van der Waals surface area contributed by atoms with Crippen LogP contribution in [0.4, 0.5) is 0 Å². The Balaban J connectivity index is 1.52. The minimum absolute atomic E-state index is 0.0598. The van der Waals surface area contributed by atoms with Crippen LogP contribution in [0.3, 0.4) is 0 Å². The number of nitrogens with zero attached hydrogens (tertiary/aromatic N) is 1. The van der Waals surface area contributed by atoms with Gasteiger partial charge in [0.2, 0.25) is 0 Å². The predicted molar refractivity (Wildman–Crippen MR) is 102 cm³/mol. The third kappa shape index (κ3) is 2.70. The number of aromatic nitrogens is 1. The minimum Gasteiger partial charge on any atom is -0.392 e. The molecule has 1 spiro atoms. The Hall–Kier alpha value is -1.69. The molecule has 140 valence electrons. The molecule has 2 atom stereocenters. The molecule has 1 aromatic heterocycles. The molecule has 4 rings (SSSR count). The van der Waals surface area contributed by atoms with Gasteiger partial charge in [-0.25, -0.2) is 0 Å². The third-order valence-electron chi connectivity index (χ3n) is 6.67. The van der Waals surface area contributed by atoms with Crippen LogP contribution in [0.15, 0.2) is 23.0 Å². The Morgan fingerprint density at radius 1 is 1.27 bits per heavy atom. The highest BCUT2D eigenvalue weighted by molar-refractivity contribution is 5.84. The zero-order valence-electron chi connectivity index (χ0n) is 15.8. The number of nitrogens with one attached hydrogen (secondary N) is 1. The molecule has 1 saturated heterocycles. The molecule has 1 aliphatic heterocycles. The van der Waals surface area contributed by atoms with Crippen LogP contribution in [0.25, 0.3) is 10.9 Å². The van der Waals surface area contributed by atoms with E-state index in [9.17, 15) is 9.90 Å². The molecule has 5 nitrogen and oxygen atoms in total. The Labute approximate surface area is 154 Å². The molecule has 1 aliphatic carbocycles. The lowest BCUT2D eigenvalue weighted by atomic mass is 9.58. The molecule has 0 radical (unpaired) electrons. The zero-order chi connectivity index (χ0) is 18.5. The number of fused-ring (bicyclic) bond motifs is 1. The summed E-state index contributed by atoms with van der Waals surface area (Å²) in [6, 6.07) is 5.81. The number of ether oxygens (including phenoxy) is 1. The Bertz CT molecular complexity index is 881. The van der Waals surface area contributed by atoms with Crippen molar-refractivity contribution in [2.24, 2.45) is 5.41 Å². The number of H-pyrrole nitrogens is 1. The van der Waals surface area contributed by atoms with E-state index in [0.717, 1.165) is 66.6 Å². The molecule has 2 heterocycles. The highest BCUT2D eigenvalue weighted by Crippen LogP contribution is 2.50. The van der Waals surface area contributed by atoms with Gasteiger partial charge in [-0.3, -0.25) is 9.69 Å². The fourth-order valence-corrected chi connectivity index (χ4v) is 4.88. The highest BCUT2D eigenvalue weighted by atomic mass is 16.5. The second kappa shape index (κ2) is 6.48. The van der Waals surface area contributed by atoms with Crippen LogP contribution in [0.5, 0.6) is 0 Å². The number of hydrogen-bond donors (Lipinski definition) is 2. The second-order valence-corrected chi connectivity index (χ2v) is 8.09. The molecule has 0 unspecified atom stereocenters. The van der Waals surface area contributed by atoms with E-state index in [1.807, 2.05) is 19.9 Å². The van der Waals surface area contributed by atoms with Crippen molar-refractivity contribution in [2.45, 2.75) is 51.9 Å². The summed E-state index contributed by atoms with van der Waals surface area (Å²) in [4.78, 5) is 18.5. The summed E-state index contributed by atoms with van der Waals surface area (Å²) in [6.07, 6.45) is 2.60. The van der Waals surface area contributed by atoms with Gasteiger partial charge in [-0.2, -0.15) is 0 Å². The Morgan fingerprint density at radius 3 is 2.62 bits per heavy atom. The van der Waals surface area contributed by atoms with Crippen LogP contribution in [-0.2, 0) is 11.3 Å². The van der Waals surface area contributed by atoms with E-state index < -0.39 is 0 Å². The number of aliphatic hydroxyl groups excluding tert-OH is 1. The molecule has 1 aromatic carbocycles. The van der Waals surface area contributed by atoms with Crippen molar-refractivity contribution in [2.75, 3.05) is 20.2 Å². The number of pyridine rings is 1. The lowest BCUT2D eigenvalue weighted by Crippen LogP contribution is -2.61. The van der Waals surface area contributed by atoms with Gasteiger partial charge in [-0.1, -0.05) is 12.1 Å². The zero-order valence-corrected chi connectivity index (χ0v) is 15.8. The molecule has 2 fully saturated rings. The fourth-order valence-electron chi connectivity index (χ4n) is 4.88. The smallest absolute Gasteiger partial charge is 0.189 e. The van der Waals surface area contributed by atoms with Crippen LogP contribution >= 0.6 is 0 Å². The van der Waals surface area contributed by atoms with E-state index in [4.69, 9.17) is 4.74 Å². The van der Waals surface area contributed by atoms with E-state index in [2.05, 4.69) is 16.0 Å². The first-order valence-electron chi connectivity index (χ1n) is 9.50. The standard InChI is InChI=1S/C21H28N2O3/c1-13-4-5-14(2)20-19(13)16(24)10-15(22-20)12-23-8-6-21(7-9-23)17(25)11-18(21)26-3/h4-5,10,17-18,25H,6-9,11-12H2,1-3H3,(H,22,24)/t17-,18+/m0/s1. The number of piperidine rings is 1. The topological polar surface area (TPSA) is 65.6 Å². The van der Waals surface area contributed by atoms with Gasteiger partial charge in [-0.15, -0.1) is 0 Å². The minimum atomic E-state index is -0.235. The summed E-state index contributed by atoms with van der Waals surface area (Å²) in [5.74, 6) is 0. The maximum Gasteiger partial charge on any atom is 0.189 e. The Kier molecular flexibility index (Phi) is 4.41. The number of aromatic amines is 1. The van der Waals surface area contributed by atoms with Crippen molar-refractivity contribution in [3.63, 3.8) is 0 Å². The normalized spacial score (nSPS) is 25.5. The van der Waals surface area contributed by atoms with Crippen molar-refractivity contribution in [1.82, 2.24) is 9.88 Å². The predicted octanol–water partition coefficient (Wildman–Crippen LogP) is 2.51. The largest absolute Gasteiger partial charge is 0.392 e. The molecule has 5 heteroatoms. The lowest BCUT2D eigenvalue weighted by Gasteiger charge is -2.56. The van der Waals surface area contributed by atoms with Crippen molar-refractivity contribution in [1.29, 1.82) is 0 Å². The maximum atomic E-state index is 12.6. The summed E-state index contributed by atoms with van der Waals surface area (Å²) in [6.45, 7) is 6.60. The number of rotatable bonds is 3. The van der Waals surface area contributed by atoms with E-state index in [-0.39, 0.29) is 23.1 Å². The van der Waals surface area contributed by atoms with Gasteiger partial charge in [0, 0.05) is 42.6 Å². The van der Waals surface area contributed by atoms with E-state index in [0.29, 0.717) is 0 Å². The summed E-state index contributed by atoms with van der Waals surface area (Å²) in [5, 5.41) is 11.1. The van der Waals surface area contributed by atoms with E-state index in [1.165, 1.54) is 0 Å². The number of benzene rings is 1. The third-order valence-corrected chi connectivity index (χ3v) is 6.67. The van der Waals surface area contributed by atoms with Crippen LogP contribution in [0, 0.1) is 19.3 Å². The van der Waals surface area contributed by atoms with E-state index in [1.54, 1.807) is 13.2 Å². The van der Waals surface area contributed by atoms with Gasteiger partial charge in [0.05, 0.1) is 17.7 Å². The number of aliphatic hydroxyl groups is 1. The van der Waals surface area contributed by atoms with Crippen molar-refractivity contribution in [3.8, 4) is 0 Å². The first-order valence-corrected chi connectivity index (χ1v) is 9.50. The summed E-state index contributed by atoms with van der Waals surface area (Å²) in [7, 11) is 1.74. The molecule has 2 N–H and O–H groups in total. The average molecular weight is 356 g/mol. The number of hydrogen-bond acceptors (Lipinski definition) is 4. The van der Waals surface area contributed by atoms with Crippen molar-refractivity contribution in [3.05, 3.63) is 45.2 Å². The summed E-state index contributed by atoms with van der Waals surface area (Å²) >= 11 is 0. The molecule has 26 heavy (non-hydrogen) atoms. The van der Waals surface area contributed by atoms with Crippen molar-refractivity contribution < 1.29 is 9.84 Å². The first kappa shape index (κ1) is 17.7. The summed E-state index contributed by atoms with van der Waals surface area (Å²) in [5.41, 5.74) is 4.07. The van der Waals surface area contributed by atoms with Gasteiger partial charge < -0.3 is 14.8 Å². The Morgan fingerprint density at radius 2 is 1.96 bits per heavy atom. The van der Waals surface area contributed by atoms with Gasteiger partial charge in [-0.05, 0) is 50.9 Å². The van der Waals surface area contributed by atoms with Gasteiger partial charge in [0.25, 0.3) is 0 Å². The van der Waals surface area contributed by atoms with Crippen LogP contribution in [0.1, 0.15) is 36.1 Å². The monoisotopic (exact) mass is 356 g/mol. The van der Waals surface area contributed by atoms with E-state index >= 15 is 0 Å². The molecule has 2 aliphatic rings. The van der Waals surface area contributed by atoms with Crippen LogP contribution in [0.2, 0.25) is 0 Å².